The van der Waals surface area contributed by atoms with Crippen molar-refractivity contribution in [1.29, 1.82) is 0 Å². The first-order chi connectivity index (χ1) is 13.5. The number of rotatable bonds is 9. The summed E-state index contributed by atoms with van der Waals surface area (Å²) in [6.45, 7) is 6.09. The summed E-state index contributed by atoms with van der Waals surface area (Å²) >= 11 is 0. The van der Waals surface area contributed by atoms with Gasteiger partial charge in [-0.05, 0) is 49.6 Å². The van der Waals surface area contributed by atoms with Gasteiger partial charge in [-0.25, -0.2) is 4.39 Å². The van der Waals surface area contributed by atoms with Crippen LogP contribution in [-0.4, -0.2) is 35.9 Å². The molecule has 2 amide bonds. The van der Waals surface area contributed by atoms with E-state index >= 15 is 0 Å². The summed E-state index contributed by atoms with van der Waals surface area (Å²) in [5.74, 6) is -0.231. The molecule has 150 valence electrons. The Hall–Kier alpha value is -2.89. The van der Waals surface area contributed by atoms with E-state index < -0.39 is 6.04 Å². The Morgan fingerprint density at radius 3 is 2.39 bits per heavy atom. The van der Waals surface area contributed by atoms with E-state index in [9.17, 15) is 14.0 Å². The Morgan fingerprint density at radius 2 is 1.79 bits per heavy atom. The maximum absolute atomic E-state index is 13.2. The Labute approximate surface area is 165 Å². The van der Waals surface area contributed by atoms with Crippen LogP contribution in [0.5, 0.6) is 5.75 Å². The second-order valence-corrected chi connectivity index (χ2v) is 6.52. The molecule has 2 rings (SSSR count). The third kappa shape index (κ3) is 5.81. The van der Waals surface area contributed by atoms with Gasteiger partial charge in [-0.15, -0.1) is 0 Å². The van der Waals surface area contributed by atoms with Crippen molar-refractivity contribution >= 4 is 11.8 Å². The fourth-order valence-corrected chi connectivity index (χ4v) is 2.94. The molecule has 28 heavy (non-hydrogen) atoms. The lowest BCUT2D eigenvalue weighted by Crippen LogP contribution is -2.50. The largest absolute Gasteiger partial charge is 0.484 e. The van der Waals surface area contributed by atoms with E-state index in [1.165, 1.54) is 17.0 Å². The van der Waals surface area contributed by atoms with Crippen molar-refractivity contribution in [2.24, 2.45) is 0 Å². The highest BCUT2D eigenvalue weighted by Gasteiger charge is 2.28. The van der Waals surface area contributed by atoms with E-state index in [0.717, 1.165) is 11.1 Å². The maximum Gasteiger partial charge on any atom is 0.261 e. The number of halogens is 1. The molecule has 0 aliphatic heterocycles. The molecule has 0 aliphatic rings. The normalized spacial score (nSPS) is 11.6. The minimum absolute atomic E-state index is 0.179. The predicted molar refractivity (Wildman–Crippen MR) is 106 cm³/mol. The second kappa shape index (κ2) is 10.4. The summed E-state index contributed by atoms with van der Waals surface area (Å²) in [5, 5.41) is 2.78. The van der Waals surface area contributed by atoms with Crippen LogP contribution in [0.15, 0.2) is 48.5 Å². The molecule has 0 aromatic heterocycles. The van der Waals surface area contributed by atoms with E-state index in [0.29, 0.717) is 18.7 Å². The number of para-hydroxylation sites is 1. The number of carbonyl (C=O) groups is 2. The third-order valence-electron chi connectivity index (χ3n) is 4.45. The van der Waals surface area contributed by atoms with Crippen LogP contribution in [0.2, 0.25) is 0 Å². The van der Waals surface area contributed by atoms with Gasteiger partial charge in [-0.3, -0.25) is 9.59 Å². The Balaban J connectivity index is 2.19. The highest BCUT2D eigenvalue weighted by Crippen LogP contribution is 2.18. The highest BCUT2D eigenvalue weighted by molar-refractivity contribution is 5.88. The quantitative estimate of drug-likeness (QED) is 0.718. The van der Waals surface area contributed by atoms with Crippen molar-refractivity contribution in [3.8, 4) is 5.75 Å². The Kier molecular flexibility index (Phi) is 7.99. The number of aryl methyl sites for hydroxylation is 1. The van der Waals surface area contributed by atoms with Crippen LogP contribution in [0.3, 0.4) is 0 Å². The lowest BCUT2D eigenvalue weighted by Gasteiger charge is -2.30. The minimum Gasteiger partial charge on any atom is -0.484 e. The monoisotopic (exact) mass is 386 g/mol. The molecular formula is C22H27FN2O3. The van der Waals surface area contributed by atoms with E-state index in [2.05, 4.69) is 5.32 Å². The van der Waals surface area contributed by atoms with Crippen molar-refractivity contribution in [2.75, 3.05) is 13.2 Å². The second-order valence-electron chi connectivity index (χ2n) is 6.52. The zero-order valence-electron chi connectivity index (χ0n) is 16.6. The molecule has 0 fully saturated rings. The third-order valence-corrected chi connectivity index (χ3v) is 4.45. The average Bonchev–Trinajstić information content (AvgIpc) is 2.68. The zero-order chi connectivity index (χ0) is 20.5. The van der Waals surface area contributed by atoms with Crippen LogP contribution >= 0.6 is 0 Å². The molecule has 0 saturated heterocycles. The van der Waals surface area contributed by atoms with Crippen molar-refractivity contribution in [3.63, 3.8) is 0 Å². The molecule has 2 aromatic rings. The Morgan fingerprint density at radius 1 is 1.11 bits per heavy atom. The molecule has 0 heterocycles. The number of likely N-dealkylation sites (N-methyl/N-ethyl adjacent to an activating group) is 1. The highest BCUT2D eigenvalue weighted by atomic mass is 19.1. The number of hydrogen-bond donors (Lipinski definition) is 1. The molecule has 0 radical (unpaired) electrons. The van der Waals surface area contributed by atoms with Crippen LogP contribution in [0, 0.1) is 12.7 Å². The van der Waals surface area contributed by atoms with Crippen molar-refractivity contribution in [1.82, 2.24) is 10.2 Å². The van der Waals surface area contributed by atoms with Crippen molar-refractivity contribution < 1.29 is 18.7 Å². The van der Waals surface area contributed by atoms with Gasteiger partial charge in [-0.2, -0.15) is 0 Å². The number of nitrogens with zero attached hydrogens (tertiary/aromatic N) is 1. The molecular weight excluding hydrogens is 359 g/mol. The number of hydrogen-bond acceptors (Lipinski definition) is 3. The van der Waals surface area contributed by atoms with Gasteiger partial charge < -0.3 is 15.0 Å². The van der Waals surface area contributed by atoms with Gasteiger partial charge in [0.1, 0.15) is 17.6 Å². The van der Waals surface area contributed by atoms with Gasteiger partial charge in [0.25, 0.3) is 5.91 Å². The molecule has 1 N–H and O–H groups in total. The number of ether oxygens (including phenoxy) is 1. The number of nitrogens with one attached hydrogen (secondary N) is 1. The molecule has 0 spiro atoms. The number of amides is 2. The first-order valence-electron chi connectivity index (χ1n) is 9.46. The van der Waals surface area contributed by atoms with Crippen LogP contribution in [0.4, 0.5) is 4.39 Å². The lowest BCUT2D eigenvalue weighted by molar-refractivity contribution is -0.142. The summed E-state index contributed by atoms with van der Waals surface area (Å²) < 4.78 is 18.9. The molecule has 1 unspecified atom stereocenters. The Bertz CT molecular complexity index is 793. The van der Waals surface area contributed by atoms with Gasteiger partial charge in [0.15, 0.2) is 6.61 Å². The maximum atomic E-state index is 13.2. The van der Waals surface area contributed by atoms with E-state index in [1.807, 2.05) is 39.0 Å². The lowest BCUT2D eigenvalue weighted by atomic mass is 10.1. The van der Waals surface area contributed by atoms with E-state index in [4.69, 9.17) is 4.74 Å². The van der Waals surface area contributed by atoms with E-state index in [1.54, 1.807) is 18.2 Å². The molecule has 0 saturated carbocycles. The summed E-state index contributed by atoms with van der Waals surface area (Å²) in [5.41, 5.74) is 1.67. The topological polar surface area (TPSA) is 58.6 Å². The molecule has 0 aliphatic carbocycles. The first-order valence-corrected chi connectivity index (χ1v) is 9.46. The summed E-state index contributed by atoms with van der Waals surface area (Å²) in [7, 11) is 0. The van der Waals surface area contributed by atoms with Gasteiger partial charge in [-0.1, -0.05) is 37.3 Å². The first kappa shape index (κ1) is 21.4. The number of carbonyl (C=O) groups excluding carboxylic acids is 2. The van der Waals surface area contributed by atoms with Gasteiger partial charge in [0.05, 0.1) is 0 Å². The summed E-state index contributed by atoms with van der Waals surface area (Å²) in [6.07, 6.45) is 0.461. The molecule has 1 atom stereocenters. The molecule has 0 bridgehead atoms. The van der Waals surface area contributed by atoms with Gasteiger partial charge in [0, 0.05) is 13.1 Å². The summed E-state index contributed by atoms with van der Waals surface area (Å²) in [4.78, 5) is 26.9. The van der Waals surface area contributed by atoms with Gasteiger partial charge in [0.2, 0.25) is 5.91 Å². The fraction of sp³-hybridized carbons (Fsp3) is 0.364. The van der Waals surface area contributed by atoms with E-state index in [-0.39, 0.29) is 30.8 Å². The average molecular weight is 386 g/mol. The van der Waals surface area contributed by atoms with Crippen molar-refractivity contribution in [3.05, 3.63) is 65.5 Å². The van der Waals surface area contributed by atoms with Crippen LogP contribution in [0.1, 0.15) is 31.4 Å². The predicted octanol–water partition coefficient (Wildman–Crippen LogP) is 3.46. The zero-order valence-corrected chi connectivity index (χ0v) is 16.6. The minimum atomic E-state index is -0.627. The van der Waals surface area contributed by atoms with Crippen LogP contribution < -0.4 is 10.1 Å². The fourth-order valence-electron chi connectivity index (χ4n) is 2.94. The van der Waals surface area contributed by atoms with Crippen LogP contribution in [0.25, 0.3) is 0 Å². The SMILES string of the molecule is CCNC(=O)C(CC)N(Cc1ccc(F)cc1)C(=O)COc1ccccc1C. The molecule has 2 aromatic carbocycles. The van der Waals surface area contributed by atoms with Crippen molar-refractivity contribution in [2.45, 2.75) is 39.8 Å². The standard InChI is InChI=1S/C22H27FN2O3/c1-4-19(22(27)24-5-2)25(14-17-10-12-18(23)13-11-17)21(26)15-28-20-9-7-6-8-16(20)3/h6-13,19H,4-5,14-15H2,1-3H3,(H,24,27). The molecule has 6 heteroatoms. The van der Waals surface area contributed by atoms with Crippen LogP contribution in [-0.2, 0) is 16.1 Å². The summed E-state index contributed by atoms with van der Waals surface area (Å²) in [6, 6.07) is 12.7. The smallest absolute Gasteiger partial charge is 0.261 e. The number of benzene rings is 2. The molecule has 5 nitrogen and oxygen atoms in total. The van der Waals surface area contributed by atoms with Gasteiger partial charge >= 0.3 is 0 Å².